The summed E-state index contributed by atoms with van der Waals surface area (Å²) in [6.45, 7) is 4.08. The Morgan fingerprint density at radius 2 is 2.00 bits per heavy atom. The smallest absolute Gasteiger partial charge is 0.854 e. The Bertz CT molecular complexity index is 27.3. The second-order valence-corrected chi connectivity index (χ2v) is 1.68. The minimum absolute atomic E-state index is 0. The SMILES string of the molecule is CCC(C)C[O-].[Li+]. The molecule has 0 amide bonds. The summed E-state index contributed by atoms with van der Waals surface area (Å²) >= 11 is 0. The first kappa shape index (κ1) is 10.5. The van der Waals surface area contributed by atoms with E-state index >= 15 is 0 Å². The van der Waals surface area contributed by atoms with Gasteiger partial charge in [0.05, 0.1) is 0 Å². The van der Waals surface area contributed by atoms with Crippen molar-refractivity contribution in [2.75, 3.05) is 6.61 Å². The molecule has 0 aliphatic rings. The molecule has 1 unspecified atom stereocenters. The Morgan fingerprint density at radius 3 is 2.00 bits per heavy atom. The second-order valence-electron chi connectivity index (χ2n) is 1.68. The monoisotopic (exact) mass is 94.1 g/mol. The third kappa shape index (κ3) is 6.56. The van der Waals surface area contributed by atoms with Crippen molar-refractivity contribution in [2.24, 2.45) is 5.92 Å². The zero-order valence-corrected chi connectivity index (χ0v) is 5.40. The van der Waals surface area contributed by atoms with Crippen molar-refractivity contribution in [1.82, 2.24) is 0 Å². The molecule has 0 spiro atoms. The molecule has 0 saturated heterocycles. The summed E-state index contributed by atoms with van der Waals surface area (Å²) in [7, 11) is 0. The Kier molecular flexibility index (Phi) is 9.86. The van der Waals surface area contributed by atoms with Gasteiger partial charge in [-0.2, -0.15) is 0 Å². The van der Waals surface area contributed by atoms with Crippen LogP contribution in [-0.4, -0.2) is 6.61 Å². The van der Waals surface area contributed by atoms with E-state index in [1.54, 1.807) is 0 Å². The first-order valence-electron chi connectivity index (χ1n) is 2.39. The summed E-state index contributed by atoms with van der Waals surface area (Å²) in [5, 5.41) is 9.86. The average Bonchev–Trinajstić information content (AvgIpc) is 1.65. The predicted octanol–water partition coefficient (Wildman–Crippen LogP) is -2.60. The largest absolute Gasteiger partial charge is 1.00 e. The molecule has 38 valence electrons. The molecule has 2 heteroatoms. The van der Waals surface area contributed by atoms with E-state index in [4.69, 9.17) is 0 Å². The Labute approximate surface area is 57.3 Å². The predicted molar refractivity (Wildman–Crippen MR) is 24.3 cm³/mol. The van der Waals surface area contributed by atoms with Crippen molar-refractivity contribution >= 4 is 0 Å². The maximum Gasteiger partial charge on any atom is 1.00 e. The van der Waals surface area contributed by atoms with Gasteiger partial charge < -0.3 is 5.11 Å². The summed E-state index contributed by atoms with van der Waals surface area (Å²) in [5.41, 5.74) is 0. The van der Waals surface area contributed by atoms with Gasteiger partial charge in [0.2, 0.25) is 0 Å². The van der Waals surface area contributed by atoms with Gasteiger partial charge in [-0.15, -0.1) is 6.61 Å². The van der Waals surface area contributed by atoms with Crippen LogP contribution in [0.4, 0.5) is 0 Å². The first-order chi connectivity index (χ1) is 2.81. The van der Waals surface area contributed by atoms with E-state index in [-0.39, 0.29) is 25.5 Å². The van der Waals surface area contributed by atoms with Crippen LogP contribution < -0.4 is 24.0 Å². The maximum atomic E-state index is 9.86. The number of hydrogen-bond donors (Lipinski definition) is 0. The van der Waals surface area contributed by atoms with Crippen LogP contribution in [-0.2, 0) is 0 Å². The molecule has 0 aliphatic heterocycles. The van der Waals surface area contributed by atoms with Crippen LogP contribution in [0.5, 0.6) is 0 Å². The molecule has 7 heavy (non-hydrogen) atoms. The molecule has 0 radical (unpaired) electrons. The Morgan fingerprint density at radius 1 is 1.57 bits per heavy atom. The zero-order valence-electron chi connectivity index (χ0n) is 5.40. The fraction of sp³-hybridized carbons (Fsp3) is 1.00. The fourth-order valence-electron chi connectivity index (χ4n) is 0.118. The van der Waals surface area contributed by atoms with Crippen LogP contribution in [0.15, 0.2) is 0 Å². The first-order valence-corrected chi connectivity index (χ1v) is 2.39. The van der Waals surface area contributed by atoms with E-state index in [0.717, 1.165) is 6.42 Å². The van der Waals surface area contributed by atoms with Gasteiger partial charge in [-0.1, -0.05) is 26.2 Å². The van der Waals surface area contributed by atoms with Gasteiger partial charge in [-0.25, -0.2) is 0 Å². The standard InChI is InChI=1S/C5H11O.Li/c1-3-5(2)4-6;/h5H,3-4H2,1-2H3;/q-1;+1. The van der Waals surface area contributed by atoms with Gasteiger partial charge in [-0.3, -0.25) is 0 Å². The molecule has 1 nitrogen and oxygen atoms in total. The van der Waals surface area contributed by atoms with Crippen molar-refractivity contribution < 1.29 is 24.0 Å². The van der Waals surface area contributed by atoms with Crippen LogP contribution in [0.2, 0.25) is 0 Å². The summed E-state index contributed by atoms with van der Waals surface area (Å²) in [6, 6.07) is 0. The molecule has 0 N–H and O–H groups in total. The van der Waals surface area contributed by atoms with Crippen molar-refractivity contribution in [2.45, 2.75) is 20.3 Å². The quantitative estimate of drug-likeness (QED) is 0.344. The van der Waals surface area contributed by atoms with Crippen molar-refractivity contribution in [3.63, 3.8) is 0 Å². The summed E-state index contributed by atoms with van der Waals surface area (Å²) < 4.78 is 0. The van der Waals surface area contributed by atoms with Gasteiger partial charge in [0, 0.05) is 0 Å². The molecule has 0 heterocycles. The van der Waals surface area contributed by atoms with E-state index in [2.05, 4.69) is 0 Å². The van der Waals surface area contributed by atoms with Crippen molar-refractivity contribution in [1.29, 1.82) is 0 Å². The number of hydrogen-bond acceptors (Lipinski definition) is 1. The minimum Gasteiger partial charge on any atom is -0.854 e. The van der Waals surface area contributed by atoms with Gasteiger partial charge in [0.25, 0.3) is 0 Å². The minimum atomic E-state index is 0. The van der Waals surface area contributed by atoms with Crippen molar-refractivity contribution in [3.8, 4) is 0 Å². The molecule has 1 atom stereocenters. The third-order valence-electron chi connectivity index (χ3n) is 0.981. The van der Waals surface area contributed by atoms with Crippen LogP contribution >= 0.6 is 0 Å². The van der Waals surface area contributed by atoms with E-state index in [0.29, 0.717) is 5.92 Å². The topological polar surface area (TPSA) is 23.1 Å². The van der Waals surface area contributed by atoms with E-state index in [1.807, 2.05) is 13.8 Å². The number of rotatable bonds is 2. The zero-order chi connectivity index (χ0) is 4.99. The molecule has 0 aliphatic carbocycles. The van der Waals surface area contributed by atoms with Crippen LogP contribution in [0, 0.1) is 5.92 Å². The van der Waals surface area contributed by atoms with Gasteiger partial charge in [0.1, 0.15) is 0 Å². The van der Waals surface area contributed by atoms with E-state index < -0.39 is 0 Å². The molecule has 0 rings (SSSR count). The normalized spacial score (nSPS) is 12.4. The average molecular weight is 94.1 g/mol. The van der Waals surface area contributed by atoms with Gasteiger partial charge >= 0.3 is 18.9 Å². The molecule has 0 bridgehead atoms. The molecule has 0 aromatic carbocycles. The Hall–Kier alpha value is 0.557. The maximum absolute atomic E-state index is 9.86. The van der Waals surface area contributed by atoms with E-state index in [1.165, 1.54) is 0 Å². The van der Waals surface area contributed by atoms with Crippen LogP contribution in [0.25, 0.3) is 0 Å². The van der Waals surface area contributed by atoms with Gasteiger partial charge in [0.15, 0.2) is 0 Å². The summed E-state index contributed by atoms with van der Waals surface area (Å²) in [6.07, 6.45) is 1.02. The fourth-order valence-corrected chi connectivity index (χ4v) is 0.118. The molecule has 0 aromatic rings. The van der Waals surface area contributed by atoms with Crippen molar-refractivity contribution in [3.05, 3.63) is 0 Å². The molecule has 0 fully saturated rings. The summed E-state index contributed by atoms with van der Waals surface area (Å²) in [4.78, 5) is 0. The van der Waals surface area contributed by atoms with Crippen LogP contribution in [0.3, 0.4) is 0 Å². The van der Waals surface area contributed by atoms with E-state index in [9.17, 15) is 5.11 Å². The third-order valence-corrected chi connectivity index (χ3v) is 0.981. The van der Waals surface area contributed by atoms with Gasteiger partial charge in [-0.05, 0) is 0 Å². The molecule has 0 saturated carbocycles. The molecule has 0 aromatic heterocycles. The second kappa shape index (κ2) is 6.56. The molecular formula is C5H11LiO. The summed E-state index contributed by atoms with van der Waals surface area (Å²) in [5.74, 6) is 0.380. The van der Waals surface area contributed by atoms with Crippen LogP contribution in [0.1, 0.15) is 20.3 Å². The Balaban J connectivity index is 0. The molecular weight excluding hydrogens is 83.0 g/mol.